The van der Waals surface area contributed by atoms with Gasteiger partial charge in [-0.1, -0.05) is 29.5 Å². The van der Waals surface area contributed by atoms with Gasteiger partial charge in [-0.05, 0) is 18.6 Å². The Morgan fingerprint density at radius 3 is 3.05 bits per heavy atom. The Morgan fingerprint density at radius 2 is 2.26 bits per heavy atom. The van der Waals surface area contributed by atoms with Gasteiger partial charge in [0.05, 0.1) is 23.8 Å². The highest BCUT2D eigenvalue weighted by atomic mass is 32.1. The molecular weight excluding hydrogens is 260 g/mol. The summed E-state index contributed by atoms with van der Waals surface area (Å²) >= 11 is 1.50. The van der Waals surface area contributed by atoms with Crippen molar-refractivity contribution in [3.05, 3.63) is 46.0 Å². The monoisotopic (exact) mass is 274 g/mol. The molecule has 0 atom stereocenters. The molecule has 2 aromatic rings. The Morgan fingerprint density at radius 1 is 1.42 bits per heavy atom. The minimum atomic E-state index is -0.106. The molecule has 0 fully saturated rings. The maximum absolute atomic E-state index is 12.2. The summed E-state index contributed by atoms with van der Waals surface area (Å²) in [7, 11) is 0. The van der Waals surface area contributed by atoms with Gasteiger partial charge >= 0.3 is 0 Å². The molecule has 98 valence electrons. The third kappa shape index (κ3) is 2.52. The van der Waals surface area contributed by atoms with Crippen molar-refractivity contribution in [1.29, 1.82) is 0 Å². The lowest BCUT2D eigenvalue weighted by molar-refractivity contribution is 0.102. The van der Waals surface area contributed by atoms with Crippen molar-refractivity contribution >= 4 is 22.4 Å². The number of hydrogen-bond acceptors (Lipinski definition) is 4. The molecule has 3 rings (SSSR count). The highest BCUT2D eigenvalue weighted by Gasteiger charge is 2.17. The van der Waals surface area contributed by atoms with Gasteiger partial charge in [0.1, 0.15) is 0 Å². The van der Waals surface area contributed by atoms with Crippen LogP contribution in [0.15, 0.2) is 24.3 Å². The number of aromatic nitrogens is 1. The third-order valence-electron chi connectivity index (χ3n) is 3.10. The summed E-state index contributed by atoms with van der Waals surface area (Å²) in [6, 6.07) is 7.53. The number of benzene rings is 1. The van der Waals surface area contributed by atoms with E-state index in [2.05, 4.69) is 10.3 Å². The van der Waals surface area contributed by atoms with Crippen LogP contribution in [-0.4, -0.2) is 17.5 Å². The van der Waals surface area contributed by atoms with E-state index in [0.717, 1.165) is 22.6 Å². The number of amides is 1. The molecule has 0 unspecified atom stereocenters. The first-order chi connectivity index (χ1) is 9.24. The van der Waals surface area contributed by atoms with Gasteiger partial charge in [-0.3, -0.25) is 10.1 Å². The van der Waals surface area contributed by atoms with Crippen LogP contribution < -0.4 is 5.32 Å². The van der Waals surface area contributed by atoms with Crippen LogP contribution in [0.3, 0.4) is 0 Å². The van der Waals surface area contributed by atoms with Crippen molar-refractivity contribution in [2.24, 2.45) is 0 Å². The first kappa shape index (κ1) is 12.3. The van der Waals surface area contributed by atoms with E-state index in [4.69, 9.17) is 4.74 Å². The van der Waals surface area contributed by atoms with Gasteiger partial charge in [0, 0.05) is 12.0 Å². The zero-order valence-electron chi connectivity index (χ0n) is 10.6. The molecule has 1 aromatic heterocycles. The minimum Gasteiger partial charge on any atom is -0.375 e. The standard InChI is InChI=1S/C14H14N2O2S/c1-9-4-2-3-5-10(9)13(17)16-14-15-11-6-7-18-8-12(11)19-14/h2-5H,6-8H2,1H3,(H,15,16,17). The number of anilines is 1. The molecule has 0 spiro atoms. The normalized spacial score (nSPS) is 13.9. The van der Waals surface area contributed by atoms with Crippen LogP contribution >= 0.6 is 11.3 Å². The maximum Gasteiger partial charge on any atom is 0.257 e. The predicted molar refractivity (Wildman–Crippen MR) is 74.6 cm³/mol. The second-order valence-electron chi connectivity index (χ2n) is 4.46. The van der Waals surface area contributed by atoms with Gasteiger partial charge in [-0.15, -0.1) is 0 Å². The third-order valence-corrected chi connectivity index (χ3v) is 4.09. The average Bonchev–Trinajstić information content (AvgIpc) is 2.81. The smallest absolute Gasteiger partial charge is 0.257 e. The van der Waals surface area contributed by atoms with E-state index in [1.54, 1.807) is 0 Å². The Bertz CT molecular complexity index is 598. The molecule has 1 N–H and O–H groups in total. The number of thiazole rings is 1. The molecule has 0 saturated heterocycles. The van der Waals surface area contributed by atoms with E-state index < -0.39 is 0 Å². The molecule has 5 heteroatoms. The van der Waals surface area contributed by atoms with Crippen molar-refractivity contribution in [3.63, 3.8) is 0 Å². The molecule has 0 aliphatic carbocycles. The molecule has 1 amide bonds. The van der Waals surface area contributed by atoms with Crippen molar-refractivity contribution in [2.45, 2.75) is 20.0 Å². The van der Waals surface area contributed by atoms with Crippen LogP contribution in [0.4, 0.5) is 5.13 Å². The van der Waals surface area contributed by atoms with E-state index in [-0.39, 0.29) is 5.91 Å². The van der Waals surface area contributed by atoms with Crippen LogP contribution in [0.25, 0.3) is 0 Å². The van der Waals surface area contributed by atoms with Crippen LogP contribution in [0.1, 0.15) is 26.5 Å². The number of ether oxygens (including phenoxy) is 1. The molecule has 1 aliphatic heterocycles. The van der Waals surface area contributed by atoms with Crippen LogP contribution in [-0.2, 0) is 17.8 Å². The summed E-state index contributed by atoms with van der Waals surface area (Å²) in [5, 5.41) is 3.53. The van der Waals surface area contributed by atoms with Crippen molar-refractivity contribution in [2.75, 3.05) is 11.9 Å². The van der Waals surface area contributed by atoms with Gasteiger partial charge in [-0.2, -0.15) is 0 Å². The average molecular weight is 274 g/mol. The first-order valence-electron chi connectivity index (χ1n) is 6.17. The SMILES string of the molecule is Cc1ccccc1C(=O)Nc1nc2c(s1)COCC2. The van der Waals surface area contributed by atoms with E-state index in [1.807, 2.05) is 31.2 Å². The molecule has 19 heavy (non-hydrogen) atoms. The number of hydrogen-bond donors (Lipinski definition) is 1. The van der Waals surface area contributed by atoms with Gasteiger partial charge < -0.3 is 4.74 Å². The molecule has 0 saturated carbocycles. The van der Waals surface area contributed by atoms with Crippen molar-refractivity contribution < 1.29 is 9.53 Å². The fourth-order valence-electron chi connectivity index (χ4n) is 2.07. The number of aryl methyl sites for hydroxylation is 1. The Balaban J connectivity index is 1.80. The quantitative estimate of drug-likeness (QED) is 0.916. The van der Waals surface area contributed by atoms with E-state index in [9.17, 15) is 4.79 Å². The second-order valence-corrected chi connectivity index (χ2v) is 5.54. The minimum absolute atomic E-state index is 0.106. The number of carbonyl (C=O) groups is 1. The molecule has 0 bridgehead atoms. The van der Waals surface area contributed by atoms with Crippen LogP contribution in [0.2, 0.25) is 0 Å². The number of nitrogens with zero attached hydrogens (tertiary/aromatic N) is 1. The Labute approximate surface area is 115 Å². The number of fused-ring (bicyclic) bond motifs is 1. The summed E-state index contributed by atoms with van der Waals surface area (Å²) < 4.78 is 5.38. The maximum atomic E-state index is 12.2. The van der Waals surface area contributed by atoms with Gasteiger partial charge in [0.2, 0.25) is 0 Å². The van der Waals surface area contributed by atoms with E-state index >= 15 is 0 Å². The zero-order valence-corrected chi connectivity index (χ0v) is 11.4. The molecule has 2 heterocycles. The first-order valence-corrected chi connectivity index (χ1v) is 6.99. The van der Waals surface area contributed by atoms with Crippen LogP contribution in [0, 0.1) is 6.92 Å². The Kier molecular flexibility index (Phi) is 3.31. The zero-order chi connectivity index (χ0) is 13.2. The van der Waals surface area contributed by atoms with E-state index in [0.29, 0.717) is 23.9 Å². The molecule has 1 aliphatic rings. The predicted octanol–water partition coefficient (Wildman–Crippen LogP) is 2.78. The molecule has 1 aromatic carbocycles. The second kappa shape index (κ2) is 5.11. The van der Waals surface area contributed by atoms with Gasteiger partial charge in [-0.25, -0.2) is 4.98 Å². The summed E-state index contributed by atoms with van der Waals surface area (Å²) in [4.78, 5) is 17.7. The summed E-state index contributed by atoms with van der Waals surface area (Å²) in [6.45, 7) is 3.24. The highest BCUT2D eigenvalue weighted by molar-refractivity contribution is 7.15. The Hall–Kier alpha value is -1.72. The van der Waals surface area contributed by atoms with Crippen LogP contribution in [0.5, 0.6) is 0 Å². The summed E-state index contributed by atoms with van der Waals surface area (Å²) in [6.07, 6.45) is 0.825. The molecule has 4 nitrogen and oxygen atoms in total. The lowest BCUT2D eigenvalue weighted by Gasteiger charge is -2.08. The number of nitrogens with one attached hydrogen (secondary N) is 1. The fraction of sp³-hybridized carbons (Fsp3) is 0.286. The highest BCUT2D eigenvalue weighted by Crippen LogP contribution is 2.27. The summed E-state index contributed by atoms with van der Waals surface area (Å²) in [5.41, 5.74) is 2.70. The summed E-state index contributed by atoms with van der Waals surface area (Å²) in [5.74, 6) is -0.106. The van der Waals surface area contributed by atoms with Gasteiger partial charge in [0.15, 0.2) is 5.13 Å². The van der Waals surface area contributed by atoms with Gasteiger partial charge in [0.25, 0.3) is 5.91 Å². The largest absolute Gasteiger partial charge is 0.375 e. The lowest BCUT2D eigenvalue weighted by atomic mass is 10.1. The number of carbonyl (C=O) groups excluding carboxylic acids is 1. The van der Waals surface area contributed by atoms with E-state index in [1.165, 1.54) is 11.3 Å². The lowest BCUT2D eigenvalue weighted by Crippen LogP contribution is -2.13. The molecule has 0 radical (unpaired) electrons. The molecular formula is C14H14N2O2S. The fourth-order valence-corrected chi connectivity index (χ4v) is 3.01. The van der Waals surface area contributed by atoms with Crippen molar-refractivity contribution in [1.82, 2.24) is 4.98 Å². The number of rotatable bonds is 2. The topological polar surface area (TPSA) is 51.2 Å². The van der Waals surface area contributed by atoms with Crippen molar-refractivity contribution in [3.8, 4) is 0 Å².